The number of thiophene rings is 1. The Balaban J connectivity index is 2.70. The number of hydrogen-bond acceptors (Lipinski definition) is 4. The van der Waals surface area contributed by atoms with Crippen molar-refractivity contribution >= 4 is 44.6 Å². The highest BCUT2D eigenvalue weighted by molar-refractivity contribution is 8.00. The summed E-state index contributed by atoms with van der Waals surface area (Å²) in [7, 11) is 0. The lowest BCUT2D eigenvalue weighted by Crippen LogP contribution is -1.92. The van der Waals surface area contributed by atoms with Crippen LogP contribution >= 0.6 is 23.1 Å². The van der Waals surface area contributed by atoms with Crippen molar-refractivity contribution in [3.05, 3.63) is 18.2 Å². The van der Waals surface area contributed by atoms with Gasteiger partial charge in [-0.3, -0.25) is 0 Å². The molecule has 1 aromatic heterocycles. The molecule has 2 rings (SSSR count). The Morgan fingerprint density at radius 3 is 2.54 bits per heavy atom. The molecule has 0 radical (unpaired) electrons. The molecule has 13 heavy (non-hydrogen) atoms. The number of fused-ring (bicyclic) bond motifs is 1. The molecule has 4 N–H and O–H groups in total. The molecular formula is C9H10N2S2. The van der Waals surface area contributed by atoms with E-state index in [-0.39, 0.29) is 0 Å². The maximum atomic E-state index is 5.71. The number of hydrogen-bond donors (Lipinski definition) is 2. The normalized spacial score (nSPS) is 10.8. The molecule has 2 nitrogen and oxygen atoms in total. The molecule has 1 aromatic carbocycles. The Labute approximate surface area is 84.9 Å². The molecule has 68 valence electrons. The first-order chi connectivity index (χ1) is 6.20. The minimum absolute atomic E-state index is 0.665. The average molecular weight is 210 g/mol. The fourth-order valence-corrected chi connectivity index (χ4v) is 2.87. The van der Waals surface area contributed by atoms with Crippen molar-refractivity contribution in [3.63, 3.8) is 0 Å². The van der Waals surface area contributed by atoms with Gasteiger partial charge in [0.1, 0.15) is 0 Å². The van der Waals surface area contributed by atoms with E-state index in [9.17, 15) is 0 Å². The molecule has 0 bridgehead atoms. The van der Waals surface area contributed by atoms with Gasteiger partial charge in [0.15, 0.2) is 0 Å². The third-order valence-corrected chi connectivity index (χ3v) is 4.06. The average Bonchev–Trinajstić information content (AvgIpc) is 2.48. The van der Waals surface area contributed by atoms with Crippen LogP contribution in [0.1, 0.15) is 0 Å². The van der Waals surface area contributed by atoms with Gasteiger partial charge in [-0.15, -0.1) is 23.1 Å². The maximum Gasteiger partial charge on any atom is 0.0608 e. The van der Waals surface area contributed by atoms with E-state index in [0.29, 0.717) is 11.4 Å². The Morgan fingerprint density at radius 2 is 1.85 bits per heavy atom. The summed E-state index contributed by atoms with van der Waals surface area (Å²) < 4.78 is 2.50. The zero-order chi connectivity index (χ0) is 9.42. The van der Waals surface area contributed by atoms with Gasteiger partial charge in [-0.05, 0) is 29.8 Å². The smallest absolute Gasteiger partial charge is 0.0608 e. The van der Waals surface area contributed by atoms with E-state index in [1.807, 2.05) is 12.1 Å². The van der Waals surface area contributed by atoms with Crippen molar-refractivity contribution in [2.45, 2.75) is 4.21 Å². The molecule has 0 aliphatic rings. The predicted molar refractivity (Wildman–Crippen MR) is 62.4 cm³/mol. The summed E-state index contributed by atoms with van der Waals surface area (Å²) in [6.45, 7) is 0. The first kappa shape index (κ1) is 8.72. The predicted octanol–water partition coefficient (Wildman–Crippen LogP) is 2.79. The largest absolute Gasteiger partial charge is 0.397 e. The van der Waals surface area contributed by atoms with Gasteiger partial charge >= 0.3 is 0 Å². The summed E-state index contributed by atoms with van der Waals surface area (Å²) in [5, 5.41) is 1.18. The third-order valence-electron chi connectivity index (χ3n) is 1.90. The van der Waals surface area contributed by atoms with Crippen LogP contribution in [0.5, 0.6) is 0 Å². The molecule has 0 aliphatic heterocycles. The molecule has 0 unspecified atom stereocenters. The van der Waals surface area contributed by atoms with Crippen LogP contribution in [0, 0.1) is 0 Å². The molecule has 0 saturated carbocycles. The van der Waals surface area contributed by atoms with Crippen LogP contribution in [0.3, 0.4) is 0 Å². The summed E-state index contributed by atoms with van der Waals surface area (Å²) >= 11 is 3.49. The van der Waals surface area contributed by atoms with Crippen molar-refractivity contribution < 1.29 is 0 Å². The van der Waals surface area contributed by atoms with Crippen molar-refractivity contribution in [3.8, 4) is 0 Å². The first-order valence-corrected chi connectivity index (χ1v) is 5.87. The number of anilines is 2. The van der Waals surface area contributed by atoms with E-state index in [1.165, 1.54) is 14.3 Å². The Bertz CT molecular complexity index is 409. The minimum atomic E-state index is 0.665. The van der Waals surface area contributed by atoms with E-state index in [2.05, 4.69) is 12.3 Å². The van der Waals surface area contributed by atoms with Crippen LogP contribution in [0.4, 0.5) is 11.4 Å². The summed E-state index contributed by atoms with van der Waals surface area (Å²) in [5.74, 6) is 0. The molecule has 0 atom stereocenters. The zero-order valence-electron chi connectivity index (χ0n) is 7.20. The second-order valence-corrected chi connectivity index (χ2v) is 4.98. The Kier molecular flexibility index (Phi) is 2.09. The van der Waals surface area contributed by atoms with E-state index in [4.69, 9.17) is 11.5 Å². The molecule has 1 heterocycles. The number of nitrogen functional groups attached to an aromatic ring is 2. The molecule has 0 amide bonds. The van der Waals surface area contributed by atoms with E-state index in [1.54, 1.807) is 23.1 Å². The molecule has 0 aliphatic carbocycles. The Morgan fingerprint density at radius 1 is 1.15 bits per heavy atom. The van der Waals surface area contributed by atoms with Crippen LogP contribution in [-0.4, -0.2) is 6.26 Å². The van der Waals surface area contributed by atoms with Gasteiger partial charge in [-0.2, -0.15) is 0 Å². The van der Waals surface area contributed by atoms with E-state index >= 15 is 0 Å². The lowest BCUT2D eigenvalue weighted by atomic mass is 10.2. The molecule has 2 aromatic rings. The standard InChI is InChI=1S/C9H10N2S2/c1-12-9-3-5-2-6(10)7(11)4-8(5)13-9/h2-4H,10-11H2,1H3. The van der Waals surface area contributed by atoms with Gasteiger partial charge in [0, 0.05) is 4.70 Å². The van der Waals surface area contributed by atoms with Gasteiger partial charge in [-0.25, -0.2) is 0 Å². The lowest BCUT2D eigenvalue weighted by Gasteiger charge is -1.98. The highest BCUT2D eigenvalue weighted by atomic mass is 32.2. The molecule has 0 spiro atoms. The molecule has 4 heteroatoms. The summed E-state index contributed by atoms with van der Waals surface area (Å²) in [6.07, 6.45) is 2.07. The van der Waals surface area contributed by atoms with Gasteiger partial charge in [0.05, 0.1) is 15.6 Å². The van der Waals surface area contributed by atoms with Crippen LogP contribution in [-0.2, 0) is 0 Å². The monoisotopic (exact) mass is 210 g/mol. The lowest BCUT2D eigenvalue weighted by molar-refractivity contribution is 1.72. The number of rotatable bonds is 1. The van der Waals surface area contributed by atoms with E-state index in [0.717, 1.165) is 0 Å². The first-order valence-electron chi connectivity index (χ1n) is 3.83. The number of benzene rings is 1. The SMILES string of the molecule is CSc1cc2cc(N)c(N)cc2s1. The summed E-state index contributed by atoms with van der Waals surface area (Å²) in [5.41, 5.74) is 12.8. The van der Waals surface area contributed by atoms with Crippen LogP contribution in [0.2, 0.25) is 0 Å². The van der Waals surface area contributed by atoms with Crippen molar-refractivity contribution in [1.82, 2.24) is 0 Å². The van der Waals surface area contributed by atoms with Gasteiger partial charge < -0.3 is 11.5 Å². The van der Waals surface area contributed by atoms with Crippen LogP contribution in [0.25, 0.3) is 10.1 Å². The van der Waals surface area contributed by atoms with Crippen LogP contribution < -0.4 is 11.5 Å². The number of nitrogens with two attached hydrogens (primary N) is 2. The molecule has 0 saturated heterocycles. The zero-order valence-corrected chi connectivity index (χ0v) is 8.84. The highest BCUT2D eigenvalue weighted by Gasteiger charge is 2.03. The van der Waals surface area contributed by atoms with Crippen molar-refractivity contribution in [2.24, 2.45) is 0 Å². The third kappa shape index (κ3) is 1.47. The van der Waals surface area contributed by atoms with Crippen LogP contribution in [0.15, 0.2) is 22.4 Å². The van der Waals surface area contributed by atoms with Crippen molar-refractivity contribution in [1.29, 1.82) is 0 Å². The van der Waals surface area contributed by atoms with E-state index < -0.39 is 0 Å². The minimum Gasteiger partial charge on any atom is -0.397 e. The quantitative estimate of drug-likeness (QED) is 0.562. The molecular weight excluding hydrogens is 200 g/mol. The molecule has 0 fully saturated rings. The fraction of sp³-hybridized carbons (Fsp3) is 0.111. The summed E-state index contributed by atoms with van der Waals surface area (Å²) in [6, 6.07) is 6.01. The fourth-order valence-electron chi connectivity index (χ4n) is 1.20. The van der Waals surface area contributed by atoms with Crippen molar-refractivity contribution in [2.75, 3.05) is 17.7 Å². The second kappa shape index (κ2) is 3.12. The topological polar surface area (TPSA) is 52.0 Å². The highest BCUT2D eigenvalue weighted by Crippen LogP contribution is 2.34. The van der Waals surface area contributed by atoms with Gasteiger partial charge in [-0.1, -0.05) is 0 Å². The summed E-state index contributed by atoms with van der Waals surface area (Å²) in [4.78, 5) is 0. The van der Waals surface area contributed by atoms with Gasteiger partial charge in [0.25, 0.3) is 0 Å². The van der Waals surface area contributed by atoms with Gasteiger partial charge in [0.2, 0.25) is 0 Å². The maximum absolute atomic E-state index is 5.71. The Hall–Kier alpha value is -0.870. The number of thioether (sulfide) groups is 1. The second-order valence-electron chi connectivity index (χ2n) is 2.79.